The lowest BCUT2D eigenvalue weighted by molar-refractivity contribution is -0.137. The van der Waals surface area contributed by atoms with E-state index in [9.17, 15) is 27.6 Å². The van der Waals surface area contributed by atoms with E-state index in [0.717, 1.165) is 50.3 Å². The number of hydrogen-bond acceptors (Lipinski definition) is 4. The molecule has 0 saturated heterocycles. The number of carbonyl (C=O) groups excluding carboxylic acids is 3. The molecule has 1 fully saturated rings. The molecule has 1 aliphatic carbocycles. The highest BCUT2D eigenvalue weighted by atomic mass is 35.5. The van der Waals surface area contributed by atoms with Gasteiger partial charge in [-0.15, -0.1) is 12.4 Å². The molecule has 1 saturated carbocycles. The Morgan fingerprint density at radius 3 is 2.36 bits per heavy atom. The molecular formula is C17H21ClF3N3O4. The van der Waals surface area contributed by atoms with Crippen LogP contribution in [0, 0.1) is 0 Å². The molecule has 0 bridgehead atoms. The van der Waals surface area contributed by atoms with Gasteiger partial charge in [-0.1, -0.05) is 31.4 Å². The molecular weight excluding hydrogens is 403 g/mol. The molecule has 1 aromatic carbocycles. The Labute approximate surface area is 165 Å². The van der Waals surface area contributed by atoms with E-state index in [2.05, 4.69) is 15.5 Å². The minimum atomic E-state index is -4.70. The molecule has 0 radical (unpaired) electrons. The second-order valence-electron chi connectivity index (χ2n) is 6.12. The zero-order chi connectivity index (χ0) is 19.9. The summed E-state index contributed by atoms with van der Waals surface area (Å²) >= 11 is 0. The van der Waals surface area contributed by atoms with E-state index >= 15 is 0 Å². The molecule has 0 heterocycles. The molecule has 0 spiro atoms. The lowest BCUT2D eigenvalue weighted by atomic mass is 9.96. The van der Waals surface area contributed by atoms with Crippen LogP contribution in [0.4, 0.5) is 18.0 Å². The maximum atomic E-state index is 12.9. The van der Waals surface area contributed by atoms with E-state index in [1.54, 1.807) is 0 Å². The molecule has 3 amide bonds. The second kappa shape index (κ2) is 10.7. The van der Waals surface area contributed by atoms with E-state index in [0.29, 0.717) is 0 Å². The number of nitrogens with one attached hydrogen (secondary N) is 3. The Balaban J connectivity index is 0.00000392. The van der Waals surface area contributed by atoms with Gasteiger partial charge in [-0.05, 0) is 25.0 Å². The summed E-state index contributed by atoms with van der Waals surface area (Å²) in [5, 5.41) is 4.65. The van der Waals surface area contributed by atoms with Gasteiger partial charge in [-0.25, -0.2) is 4.79 Å². The molecule has 1 aliphatic rings. The lowest BCUT2D eigenvalue weighted by Crippen LogP contribution is -2.43. The number of carbonyl (C=O) groups is 3. The van der Waals surface area contributed by atoms with E-state index in [1.807, 2.05) is 5.48 Å². The van der Waals surface area contributed by atoms with Gasteiger partial charge in [-0.3, -0.25) is 9.59 Å². The Kier molecular flexibility index (Phi) is 9.04. The summed E-state index contributed by atoms with van der Waals surface area (Å²) in [5.74, 6) is -1.95. The molecule has 11 heteroatoms. The van der Waals surface area contributed by atoms with Gasteiger partial charge in [-0.2, -0.15) is 18.7 Å². The van der Waals surface area contributed by atoms with Crippen LogP contribution >= 0.6 is 12.4 Å². The zero-order valence-corrected chi connectivity index (χ0v) is 15.6. The topological polar surface area (TPSA) is 96.5 Å². The fourth-order valence-electron chi connectivity index (χ4n) is 2.77. The molecule has 0 aliphatic heterocycles. The fraction of sp³-hybridized carbons (Fsp3) is 0.471. The van der Waals surface area contributed by atoms with Gasteiger partial charge in [0.15, 0.2) is 0 Å². The van der Waals surface area contributed by atoms with Crippen molar-refractivity contribution in [3.63, 3.8) is 0 Å². The molecule has 0 atom stereocenters. The van der Waals surface area contributed by atoms with Crippen LogP contribution in [-0.2, 0) is 15.8 Å². The normalized spacial score (nSPS) is 14.4. The maximum absolute atomic E-state index is 12.9. The van der Waals surface area contributed by atoms with Crippen molar-refractivity contribution in [1.29, 1.82) is 0 Å². The average molecular weight is 424 g/mol. The van der Waals surface area contributed by atoms with Gasteiger partial charge in [0.1, 0.15) is 0 Å². The Morgan fingerprint density at radius 2 is 1.71 bits per heavy atom. The van der Waals surface area contributed by atoms with Crippen LogP contribution in [0.1, 0.15) is 48.0 Å². The van der Waals surface area contributed by atoms with Crippen LogP contribution in [0.25, 0.3) is 0 Å². The summed E-state index contributed by atoms with van der Waals surface area (Å²) in [7, 11) is 0. The van der Waals surface area contributed by atoms with Crippen LogP contribution in [0.3, 0.4) is 0 Å². The SMILES string of the molecule is Cl.O=C(CNC(=O)c1ccccc1C(F)(F)F)NOC(=O)NC1CCCCC1. The third-order valence-electron chi connectivity index (χ3n) is 4.07. The minimum absolute atomic E-state index is 0. The third kappa shape index (κ3) is 7.26. The first kappa shape index (κ1) is 23.5. The second-order valence-corrected chi connectivity index (χ2v) is 6.12. The smallest absolute Gasteiger partial charge is 0.343 e. The van der Waals surface area contributed by atoms with Gasteiger partial charge in [0.2, 0.25) is 0 Å². The van der Waals surface area contributed by atoms with Crippen molar-refractivity contribution < 1.29 is 32.4 Å². The van der Waals surface area contributed by atoms with Crippen molar-refractivity contribution in [3.8, 4) is 0 Å². The number of alkyl halides is 3. The molecule has 0 unspecified atom stereocenters. The number of amides is 3. The van der Waals surface area contributed by atoms with E-state index in [1.165, 1.54) is 6.07 Å². The van der Waals surface area contributed by atoms with Crippen molar-refractivity contribution in [2.75, 3.05) is 6.54 Å². The number of rotatable bonds is 4. The van der Waals surface area contributed by atoms with Gasteiger partial charge >= 0.3 is 12.3 Å². The first-order valence-corrected chi connectivity index (χ1v) is 8.48. The van der Waals surface area contributed by atoms with Crippen molar-refractivity contribution in [3.05, 3.63) is 35.4 Å². The van der Waals surface area contributed by atoms with Crippen molar-refractivity contribution in [1.82, 2.24) is 16.1 Å². The molecule has 3 N–H and O–H groups in total. The predicted molar refractivity (Wildman–Crippen MR) is 95.7 cm³/mol. The van der Waals surface area contributed by atoms with E-state index in [-0.39, 0.29) is 18.4 Å². The molecule has 1 aromatic rings. The minimum Gasteiger partial charge on any atom is -0.343 e. The average Bonchev–Trinajstić information content (AvgIpc) is 2.64. The van der Waals surface area contributed by atoms with Crippen LogP contribution in [0.15, 0.2) is 24.3 Å². The Morgan fingerprint density at radius 1 is 1.07 bits per heavy atom. The molecule has 7 nitrogen and oxygen atoms in total. The Bertz CT molecular complexity index is 694. The summed E-state index contributed by atoms with van der Waals surface area (Å²) in [6.07, 6.45) is -0.748. The summed E-state index contributed by atoms with van der Waals surface area (Å²) in [6.45, 7) is -0.651. The lowest BCUT2D eigenvalue weighted by Gasteiger charge is -2.22. The predicted octanol–water partition coefficient (Wildman–Crippen LogP) is 2.95. The molecule has 28 heavy (non-hydrogen) atoms. The van der Waals surface area contributed by atoms with Crippen LogP contribution in [0.5, 0.6) is 0 Å². The number of halogens is 4. The summed E-state index contributed by atoms with van der Waals surface area (Å²) < 4.78 is 38.7. The number of hydrogen-bond donors (Lipinski definition) is 3. The van der Waals surface area contributed by atoms with E-state index in [4.69, 9.17) is 0 Å². The summed E-state index contributed by atoms with van der Waals surface area (Å²) in [5.41, 5.74) is 0.127. The maximum Gasteiger partial charge on any atom is 0.431 e. The van der Waals surface area contributed by atoms with Gasteiger partial charge in [0, 0.05) is 6.04 Å². The quantitative estimate of drug-likeness (QED) is 0.649. The van der Waals surface area contributed by atoms with Gasteiger partial charge in [0.25, 0.3) is 11.8 Å². The highest BCUT2D eigenvalue weighted by molar-refractivity contribution is 5.97. The zero-order valence-electron chi connectivity index (χ0n) is 14.8. The van der Waals surface area contributed by atoms with Crippen LogP contribution < -0.4 is 16.1 Å². The van der Waals surface area contributed by atoms with Crippen molar-refractivity contribution in [2.24, 2.45) is 0 Å². The number of hydroxylamine groups is 1. The summed E-state index contributed by atoms with van der Waals surface area (Å²) in [4.78, 5) is 39.6. The van der Waals surface area contributed by atoms with E-state index < -0.39 is 41.8 Å². The molecule has 2 rings (SSSR count). The largest absolute Gasteiger partial charge is 0.431 e. The van der Waals surface area contributed by atoms with Gasteiger partial charge in [0.05, 0.1) is 17.7 Å². The van der Waals surface area contributed by atoms with Crippen LogP contribution in [-0.4, -0.2) is 30.5 Å². The highest BCUT2D eigenvalue weighted by Crippen LogP contribution is 2.31. The highest BCUT2D eigenvalue weighted by Gasteiger charge is 2.34. The standard InChI is InChI=1S/C17H20F3N3O4.ClH/c18-17(19,20)13-9-5-4-8-12(13)15(25)21-10-14(24)23-27-16(26)22-11-6-2-1-3-7-11;/h4-5,8-9,11H,1-3,6-7,10H2,(H,21,25)(H,22,26)(H,23,24);1H. The summed E-state index contributed by atoms with van der Waals surface area (Å²) in [6, 6.07) is 4.20. The first-order chi connectivity index (χ1) is 12.8. The fourth-order valence-corrected chi connectivity index (χ4v) is 2.77. The first-order valence-electron chi connectivity index (χ1n) is 8.48. The monoisotopic (exact) mass is 423 g/mol. The van der Waals surface area contributed by atoms with Gasteiger partial charge < -0.3 is 15.5 Å². The number of benzene rings is 1. The van der Waals surface area contributed by atoms with Crippen molar-refractivity contribution >= 4 is 30.3 Å². The third-order valence-corrected chi connectivity index (χ3v) is 4.07. The van der Waals surface area contributed by atoms with Crippen molar-refractivity contribution in [2.45, 2.75) is 44.3 Å². The van der Waals surface area contributed by atoms with Crippen LogP contribution in [0.2, 0.25) is 0 Å². The Hall–Kier alpha value is -2.49. The molecule has 0 aromatic heterocycles. The molecule has 156 valence electrons.